The number of carboxylic acids is 1. The van der Waals surface area contributed by atoms with Gasteiger partial charge in [-0.05, 0) is 19.3 Å². The molecule has 4 rings (SSSR count). The van der Waals surface area contributed by atoms with E-state index in [9.17, 15) is 18.0 Å². The Morgan fingerprint density at radius 1 is 1.32 bits per heavy atom. The topological polar surface area (TPSA) is 95.9 Å². The highest BCUT2D eigenvalue weighted by Crippen LogP contribution is 2.35. The van der Waals surface area contributed by atoms with Crippen molar-refractivity contribution in [2.75, 3.05) is 31.1 Å². The molecule has 1 aromatic heterocycles. The lowest BCUT2D eigenvalue weighted by molar-refractivity contribution is -0.192. The number of hydrogen-bond acceptors (Lipinski definition) is 7. The number of aromatic nitrogens is 2. The number of hydrogen-bond donors (Lipinski definition) is 1. The van der Waals surface area contributed by atoms with Crippen molar-refractivity contribution in [3.8, 4) is 0 Å². The number of halogens is 3. The molecule has 0 unspecified atom stereocenters. The summed E-state index contributed by atoms with van der Waals surface area (Å²) in [7, 11) is 0. The number of likely N-dealkylation sites (tertiary alicyclic amines) is 1. The average Bonchev–Trinajstić information content (AvgIpc) is 3.32. The van der Waals surface area contributed by atoms with E-state index in [1.807, 2.05) is 0 Å². The fourth-order valence-corrected chi connectivity index (χ4v) is 4.51. The van der Waals surface area contributed by atoms with Gasteiger partial charge in [0.2, 0.25) is 11.0 Å². The third kappa shape index (κ3) is 4.72. The van der Waals surface area contributed by atoms with E-state index in [-0.39, 0.29) is 18.1 Å². The van der Waals surface area contributed by atoms with Crippen LogP contribution in [0.5, 0.6) is 0 Å². The fraction of sp³-hybridized carbons (Fsp3) is 0.750. The van der Waals surface area contributed by atoms with Gasteiger partial charge in [0.15, 0.2) is 0 Å². The van der Waals surface area contributed by atoms with Crippen LogP contribution in [-0.4, -0.2) is 76.6 Å². The summed E-state index contributed by atoms with van der Waals surface area (Å²) < 4.78 is 37.8. The molecule has 3 aliphatic heterocycles. The van der Waals surface area contributed by atoms with Crippen molar-refractivity contribution in [1.29, 1.82) is 0 Å². The second-order valence-electron chi connectivity index (χ2n) is 6.92. The van der Waals surface area contributed by atoms with E-state index >= 15 is 0 Å². The number of anilines is 1. The first kappa shape index (κ1) is 20.8. The molecule has 0 aromatic carbocycles. The fourth-order valence-electron chi connectivity index (χ4n) is 3.93. The van der Waals surface area contributed by atoms with Gasteiger partial charge in [0.05, 0.1) is 12.1 Å². The van der Waals surface area contributed by atoms with Gasteiger partial charge < -0.3 is 19.6 Å². The summed E-state index contributed by atoms with van der Waals surface area (Å²) in [6, 6.07) is 0.169. The molecule has 0 spiro atoms. The molecule has 0 saturated carbocycles. The second-order valence-corrected chi connectivity index (χ2v) is 7.74. The number of carbonyl (C=O) groups excluding carboxylic acids is 1. The zero-order chi connectivity index (χ0) is 20.3. The van der Waals surface area contributed by atoms with E-state index in [2.05, 4.69) is 20.0 Å². The number of ether oxygens (including phenoxy) is 1. The summed E-state index contributed by atoms with van der Waals surface area (Å²) >= 11 is 1.57. The highest BCUT2D eigenvalue weighted by Gasteiger charge is 2.44. The van der Waals surface area contributed by atoms with Gasteiger partial charge in [0.25, 0.3) is 0 Å². The van der Waals surface area contributed by atoms with Crippen LogP contribution in [0.25, 0.3) is 0 Å². The molecule has 1 amide bonds. The lowest BCUT2D eigenvalue weighted by Gasteiger charge is -2.48. The summed E-state index contributed by atoms with van der Waals surface area (Å²) in [6.07, 6.45) is -0.923. The standard InChI is InChI=1S/C14H20N4O2S.C2HF3O2/c19-12-4-1-5-18(12)11-8-17(14-16-15-9-21-14)7-10-3-2-6-20-13(10)11;3-2(4,5)1(6)7/h9-11,13H,1-8H2;(H,6,7)/t10-,11+,13-;/m0./s1. The SMILES string of the molecule is O=C(O)C(F)(F)F.O=C1CCCN1[C@@H]1CN(c2nncs2)C[C@@H]2CCCO[C@@H]21. The first-order valence-electron chi connectivity index (χ1n) is 8.99. The van der Waals surface area contributed by atoms with Gasteiger partial charge in [0.1, 0.15) is 5.51 Å². The molecule has 3 atom stereocenters. The molecule has 4 heterocycles. The second kappa shape index (κ2) is 8.60. The summed E-state index contributed by atoms with van der Waals surface area (Å²) in [6.45, 7) is 3.50. The lowest BCUT2D eigenvalue weighted by atomic mass is 9.85. The van der Waals surface area contributed by atoms with Gasteiger partial charge in [0, 0.05) is 38.6 Å². The number of aliphatic carboxylic acids is 1. The molecule has 28 heavy (non-hydrogen) atoms. The molecule has 0 radical (unpaired) electrons. The zero-order valence-electron chi connectivity index (χ0n) is 15.0. The Kier molecular flexibility index (Phi) is 6.38. The minimum Gasteiger partial charge on any atom is -0.475 e. The van der Waals surface area contributed by atoms with Crippen molar-refractivity contribution >= 4 is 28.3 Å². The van der Waals surface area contributed by atoms with Gasteiger partial charge >= 0.3 is 12.1 Å². The largest absolute Gasteiger partial charge is 0.490 e. The van der Waals surface area contributed by atoms with Crippen molar-refractivity contribution in [1.82, 2.24) is 15.1 Å². The Bertz CT molecular complexity index is 688. The van der Waals surface area contributed by atoms with E-state index in [0.717, 1.165) is 44.2 Å². The molecule has 3 fully saturated rings. The molecule has 0 bridgehead atoms. The third-order valence-corrected chi connectivity index (χ3v) is 5.86. The molecule has 12 heteroatoms. The van der Waals surface area contributed by atoms with Crippen LogP contribution in [-0.2, 0) is 14.3 Å². The molecule has 1 aromatic rings. The molecule has 1 N–H and O–H groups in total. The Morgan fingerprint density at radius 3 is 2.64 bits per heavy atom. The van der Waals surface area contributed by atoms with Crippen molar-refractivity contribution in [2.45, 2.75) is 44.0 Å². The van der Waals surface area contributed by atoms with Crippen LogP contribution in [0.2, 0.25) is 0 Å². The van der Waals surface area contributed by atoms with E-state index in [4.69, 9.17) is 14.6 Å². The lowest BCUT2D eigenvalue weighted by Crippen LogP contribution is -2.61. The molecule has 3 aliphatic rings. The number of alkyl halides is 3. The van der Waals surface area contributed by atoms with E-state index in [1.54, 1.807) is 16.8 Å². The van der Waals surface area contributed by atoms with Crippen LogP contribution < -0.4 is 4.90 Å². The van der Waals surface area contributed by atoms with Crippen molar-refractivity contribution < 1.29 is 32.6 Å². The van der Waals surface area contributed by atoms with Crippen LogP contribution in [0.1, 0.15) is 25.7 Å². The van der Waals surface area contributed by atoms with Crippen LogP contribution >= 0.6 is 11.3 Å². The van der Waals surface area contributed by atoms with Crippen molar-refractivity contribution in [3.05, 3.63) is 5.51 Å². The first-order valence-corrected chi connectivity index (χ1v) is 9.87. The van der Waals surface area contributed by atoms with Crippen LogP contribution in [0.15, 0.2) is 5.51 Å². The number of piperidine rings is 1. The molecule has 8 nitrogen and oxygen atoms in total. The summed E-state index contributed by atoms with van der Waals surface area (Å²) in [4.78, 5) is 25.4. The highest BCUT2D eigenvalue weighted by atomic mass is 32.1. The molecular weight excluding hydrogens is 401 g/mol. The van der Waals surface area contributed by atoms with Crippen LogP contribution in [0.3, 0.4) is 0 Å². The quantitative estimate of drug-likeness (QED) is 0.776. The molecule has 3 saturated heterocycles. The minimum absolute atomic E-state index is 0.169. The number of amides is 1. The summed E-state index contributed by atoms with van der Waals surface area (Å²) in [5, 5.41) is 16.3. The van der Waals surface area contributed by atoms with Crippen molar-refractivity contribution in [2.24, 2.45) is 5.92 Å². The van der Waals surface area contributed by atoms with Crippen LogP contribution in [0.4, 0.5) is 18.3 Å². The van der Waals surface area contributed by atoms with E-state index in [0.29, 0.717) is 12.3 Å². The van der Waals surface area contributed by atoms with E-state index in [1.165, 1.54) is 6.42 Å². The summed E-state index contributed by atoms with van der Waals surface area (Å²) in [5.41, 5.74) is 1.77. The average molecular weight is 422 g/mol. The monoisotopic (exact) mass is 422 g/mol. The first-order chi connectivity index (χ1) is 13.3. The minimum atomic E-state index is -5.08. The van der Waals surface area contributed by atoms with Gasteiger partial charge in [-0.3, -0.25) is 4.79 Å². The predicted octanol–water partition coefficient (Wildman–Crippen LogP) is 1.78. The third-order valence-electron chi connectivity index (χ3n) is 5.11. The number of carboxylic acid groups (broad SMARTS) is 1. The number of rotatable bonds is 2. The van der Waals surface area contributed by atoms with Crippen molar-refractivity contribution in [3.63, 3.8) is 0 Å². The molecule has 156 valence electrons. The zero-order valence-corrected chi connectivity index (χ0v) is 15.8. The van der Waals surface area contributed by atoms with Gasteiger partial charge in [-0.2, -0.15) is 13.2 Å². The maximum absolute atomic E-state index is 12.2. The Morgan fingerprint density at radius 2 is 2.07 bits per heavy atom. The normalized spacial score (nSPS) is 27.8. The summed E-state index contributed by atoms with van der Waals surface area (Å²) in [5.74, 6) is -1.98. The van der Waals surface area contributed by atoms with Gasteiger partial charge in [-0.15, -0.1) is 10.2 Å². The highest BCUT2D eigenvalue weighted by molar-refractivity contribution is 7.13. The smallest absolute Gasteiger partial charge is 0.475 e. The Hall–Kier alpha value is -1.95. The number of fused-ring (bicyclic) bond motifs is 1. The maximum Gasteiger partial charge on any atom is 0.490 e. The Labute approximate surface area is 163 Å². The number of carbonyl (C=O) groups is 2. The number of nitrogens with zero attached hydrogens (tertiary/aromatic N) is 4. The van der Waals surface area contributed by atoms with E-state index < -0.39 is 12.1 Å². The Balaban J connectivity index is 0.000000279. The van der Waals surface area contributed by atoms with Gasteiger partial charge in [-0.1, -0.05) is 11.3 Å². The molecule has 0 aliphatic carbocycles. The molecular formula is C16H21F3N4O4S. The van der Waals surface area contributed by atoms with Gasteiger partial charge in [-0.25, -0.2) is 4.79 Å². The van der Waals surface area contributed by atoms with Crippen LogP contribution in [0, 0.1) is 5.92 Å². The maximum atomic E-state index is 12.2. The predicted molar refractivity (Wildman–Crippen MR) is 93.0 cm³/mol.